The number of pyridine rings is 1. The van der Waals surface area contributed by atoms with Crippen LogP contribution in [0.5, 0.6) is 11.5 Å². The SMILES string of the molecule is CCn1cc(NC(=O)Nc2ccc(Oc3ccnc(-c4cnn(C)c4)c3)cc2F)c(-c2ccccc2)n1. The van der Waals surface area contributed by atoms with Crippen LogP contribution in [0, 0.1) is 5.82 Å². The van der Waals surface area contributed by atoms with Crippen LogP contribution >= 0.6 is 0 Å². The average Bonchev–Trinajstić information content (AvgIpc) is 3.52. The van der Waals surface area contributed by atoms with E-state index in [0.717, 1.165) is 11.1 Å². The van der Waals surface area contributed by atoms with E-state index in [1.807, 2.05) is 50.5 Å². The van der Waals surface area contributed by atoms with Crippen LogP contribution in [0.4, 0.5) is 20.6 Å². The summed E-state index contributed by atoms with van der Waals surface area (Å²) in [4.78, 5) is 17.0. The predicted octanol–water partition coefficient (Wildman–Crippen LogP) is 5.94. The fraction of sp³-hybridized carbons (Fsp3) is 0.111. The van der Waals surface area contributed by atoms with Gasteiger partial charge in [0.25, 0.3) is 0 Å². The monoisotopic (exact) mass is 497 g/mol. The quantitative estimate of drug-likeness (QED) is 0.290. The molecule has 0 unspecified atom stereocenters. The van der Waals surface area contributed by atoms with Crippen LogP contribution in [0.15, 0.2) is 85.5 Å². The van der Waals surface area contributed by atoms with E-state index in [2.05, 4.69) is 25.8 Å². The van der Waals surface area contributed by atoms with Gasteiger partial charge in [0.15, 0.2) is 0 Å². The topological polar surface area (TPSA) is 98.9 Å². The molecule has 0 aliphatic carbocycles. The van der Waals surface area contributed by atoms with E-state index in [0.29, 0.717) is 29.4 Å². The van der Waals surface area contributed by atoms with Crippen LogP contribution in [0.25, 0.3) is 22.5 Å². The van der Waals surface area contributed by atoms with Crippen molar-refractivity contribution in [2.75, 3.05) is 10.6 Å². The summed E-state index contributed by atoms with van der Waals surface area (Å²) >= 11 is 0. The first kappa shape index (κ1) is 23.7. The van der Waals surface area contributed by atoms with Crippen LogP contribution < -0.4 is 15.4 Å². The second-order valence-corrected chi connectivity index (χ2v) is 8.22. The lowest BCUT2D eigenvalue weighted by molar-refractivity contribution is 0.262. The molecule has 5 aromatic rings. The molecule has 0 fully saturated rings. The van der Waals surface area contributed by atoms with E-state index in [9.17, 15) is 9.18 Å². The molecule has 37 heavy (non-hydrogen) atoms. The molecule has 186 valence electrons. The molecule has 2 N–H and O–H groups in total. The van der Waals surface area contributed by atoms with Gasteiger partial charge >= 0.3 is 6.03 Å². The standard InChI is InChI=1S/C27H24FN7O2/c1-3-35-17-25(26(33-35)18-7-5-4-6-8-18)32-27(36)31-23-10-9-20(13-22(23)28)37-21-11-12-29-24(14-21)19-15-30-34(2)16-19/h4-17H,3H2,1-2H3,(H2,31,32,36). The first-order valence-corrected chi connectivity index (χ1v) is 11.6. The number of aromatic nitrogens is 5. The highest BCUT2D eigenvalue weighted by atomic mass is 19.1. The third-order valence-corrected chi connectivity index (χ3v) is 5.54. The van der Waals surface area contributed by atoms with E-state index in [4.69, 9.17) is 4.74 Å². The lowest BCUT2D eigenvalue weighted by atomic mass is 10.1. The van der Waals surface area contributed by atoms with Crippen LogP contribution in [0.3, 0.4) is 0 Å². The van der Waals surface area contributed by atoms with E-state index >= 15 is 0 Å². The smallest absolute Gasteiger partial charge is 0.323 e. The summed E-state index contributed by atoms with van der Waals surface area (Å²) in [5.74, 6) is 0.136. The second kappa shape index (κ2) is 10.3. The molecule has 3 aromatic heterocycles. The number of urea groups is 1. The number of nitrogens with zero attached hydrogens (tertiary/aromatic N) is 5. The van der Waals surface area contributed by atoms with E-state index in [1.165, 1.54) is 12.1 Å². The van der Waals surface area contributed by atoms with Crippen LogP contribution in [0.1, 0.15) is 6.92 Å². The summed E-state index contributed by atoms with van der Waals surface area (Å²) in [6.45, 7) is 2.59. The van der Waals surface area contributed by atoms with Gasteiger partial charge in [0, 0.05) is 55.4 Å². The molecule has 0 saturated heterocycles. The summed E-state index contributed by atoms with van der Waals surface area (Å²) in [7, 11) is 1.82. The van der Waals surface area contributed by atoms with Crippen molar-refractivity contribution in [2.24, 2.45) is 7.05 Å². The Morgan fingerprint density at radius 2 is 1.76 bits per heavy atom. The van der Waals surface area contributed by atoms with Gasteiger partial charge in [0.2, 0.25) is 0 Å². The minimum absolute atomic E-state index is 0.0137. The Labute approximate surface area is 212 Å². The van der Waals surface area contributed by atoms with Gasteiger partial charge in [-0.05, 0) is 25.1 Å². The summed E-state index contributed by atoms with van der Waals surface area (Å²) < 4.78 is 24.1. The van der Waals surface area contributed by atoms with E-state index in [1.54, 1.807) is 46.2 Å². The normalized spacial score (nSPS) is 10.8. The number of benzene rings is 2. The average molecular weight is 498 g/mol. The molecule has 0 spiro atoms. The van der Waals surface area contributed by atoms with Crippen molar-refractivity contribution < 1.29 is 13.9 Å². The number of ether oxygens (including phenoxy) is 1. The van der Waals surface area contributed by atoms with Gasteiger partial charge < -0.3 is 15.4 Å². The largest absolute Gasteiger partial charge is 0.457 e. The Balaban J connectivity index is 1.28. The second-order valence-electron chi connectivity index (χ2n) is 8.22. The summed E-state index contributed by atoms with van der Waals surface area (Å²) in [5, 5.41) is 14.0. The number of halogens is 1. The molecule has 2 aromatic carbocycles. The van der Waals surface area contributed by atoms with Crippen LogP contribution in [-0.4, -0.2) is 30.6 Å². The van der Waals surface area contributed by atoms with Crippen molar-refractivity contribution in [1.82, 2.24) is 24.5 Å². The first-order chi connectivity index (χ1) is 18.0. The van der Waals surface area contributed by atoms with Gasteiger partial charge in [-0.15, -0.1) is 0 Å². The molecular weight excluding hydrogens is 473 g/mol. The maximum absolute atomic E-state index is 14.8. The highest BCUT2D eigenvalue weighted by Gasteiger charge is 2.15. The predicted molar refractivity (Wildman–Crippen MR) is 139 cm³/mol. The molecule has 2 amide bonds. The lowest BCUT2D eigenvalue weighted by Crippen LogP contribution is -2.20. The molecule has 5 rings (SSSR count). The van der Waals surface area contributed by atoms with E-state index in [-0.39, 0.29) is 11.4 Å². The van der Waals surface area contributed by atoms with Gasteiger partial charge in [-0.25, -0.2) is 9.18 Å². The van der Waals surface area contributed by atoms with E-state index < -0.39 is 11.8 Å². The third kappa shape index (κ3) is 5.48. The Morgan fingerprint density at radius 1 is 0.973 bits per heavy atom. The number of hydrogen-bond donors (Lipinski definition) is 2. The van der Waals surface area contributed by atoms with Crippen molar-refractivity contribution in [2.45, 2.75) is 13.5 Å². The summed E-state index contributed by atoms with van der Waals surface area (Å²) in [6, 6.07) is 16.6. The molecule has 0 atom stereocenters. The Morgan fingerprint density at radius 3 is 2.49 bits per heavy atom. The molecule has 0 radical (unpaired) electrons. The summed E-state index contributed by atoms with van der Waals surface area (Å²) in [5.41, 5.74) is 3.55. The number of aryl methyl sites for hydroxylation is 2. The Kier molecular flexibility index (Phi) is 6.62. The molecule has 0 aliphatic heterocycles. The molecular formula is C27H24FN7O2. The fourth-order valence-electron chi connectivity index (χ4n) is 3.74. The highest BCUT2D eigenvalue weighted by molar-refractivity contribution is 6.01. The molecule has 0 saturated carbocycles. The van der Waals surface area contributed by atoms with Crippen LogP contribution in [0.2, 0.25) is 0 Å². The number of carbonyl (C=O) groups excluding carboxylic acids is 1. The van der Waals surface area contributed by atoms with Crippen molar-refractivity contribution >= 4 is 17.4 Å². The minimum Gasteiger partial charge on any atom is -0.457 e. The van der Waals surface area contributed by atoms with Gasteiger partial charge in [-0.3, -0.25) is 14.3 Å². The zero-order chi connectivity index (χ0) is 25.8. The van der Waals surface area contributed by atoms with Gasteiger partial charge in [-0.2, -0.15) is 10.2 Å². The zero-order valence-corrected chi connectivity index (χ0v) is 20.2. The number of nitrogens with one attached hydrogen (secondary N) is 2. The number of carbonyl (C=O) groups is 1. The molecule has 10 heteroatoms. The number of amides is 2. The van der Waals surface area contributed by atoms with Crippen molar-refractivity contribution in [3.63, 3.8) is 0 Å². The lowest BCUT2D eigenvalue weighted by Gasteiger charge is -2.11. The number of anilines is 2. The van der Waals surface area contributed by atoms with Crippen molar-refractivity contribution in [3.05, 3.63) is 91.3 Å². The van der Waals surface area contributed by atoms with Crippen molar-refractivity contribution in [1.29, 1.82) is 0 Å². The molecule has 0 bridgehead atoms. The van der Waals surface area contributed by atoms with Crippen molar-refractivity contribution in [3.8, 4) is 34.0 Å². The van der Waals surface area contributed by atoms with Crippen LogP contribution in [-0.2, 0) is 13.6 Å². The fourth-order valence-corrected chi connectivity index (χ4v) is 3.74. The molecule has 9 nitrogen and oxygen atoms in total. The maximum atomic E-state index is 14.8. The maximum Gasteiger partial charge on any atom is 0.323 e. The summed E-state index contributed by atoms with van der Waals surface area (Å²) in [6.07, 6.45) is 6.89. The first-order valence-electron chi connectivity index (χ1n) is 11.6. The Hall–Kier alpha value is -4.99. The zero-order valence-electron chi connectivity index (χ0n) is 20.2. The number of rotatable bonds is 7. The van der Waals surface area contributed by atoms with Gasteiger partial charge in [0.05, 0.1) is 23.3 Å². The number of hydrogen-bond acceptors (Lipinski definition) is 5. The minimum atomic E-state index is -0.637. The molecule has 3 heterocycles. The van der Waals surface area contributed by atoms with Gasteiger partial charge in [-0.1, -0.05) is 30.3 Å². The van der Waals surface area contributed by atoms with Gasteiger partial charge in [0.1, 0.15) is 23.0 Å². The third-order valence-electron chi connectivity index (χ3n) is 5.54. The molecule has 0 aliphatic rings. The highest BCUT2D eigenvalue weighted by Crippen LogP contribution is 2.29. The Bertz CT molecular complexity index is 1550.